The smallest absolute Gasteiger partial charge is 0.305 e. The summed E-state index contributed by atoms with van der Waals surface area (Å²) in [5.41, 5.74) is 3.04. The second kappa shape index (κ2) is 9.49. The number of esters is 1. The Morgan fingerprint density at radius 2 is 1.48 bits per heavy atom. The molecule has 0 amide bonds. The van der Waals surface area contributed by atoms with Crippen molar-refractivity contribution in [2.24, 2.45) is 0 Å². The van der Waals surface area contributed by atoms with Gasteiger partial charge in [-0.25, -0.2) is 0 Å². The van der Waals surface area contributed by atoms with Gasteiger partial charge in [0.05, 0.1) is 7.11 Å². The average Bonchev–Trinajstić information content (AvgIpc) is 2.65. The Morgan fingerprint density at radius 1 is 0.966 bits per heavy atom. The topological polar surface area (TPSA) is 35.5 Å². The van der Waals surface area contributed by atoms with Gasteiger partial charge in [-0.1, -0.05) is 84.0 Å². The van der Waals surface area contributed by atoms with Gasteiger partial charge in [0.1, 0.15) is 5.75 Å². The van der Waals surface area contributed by atoms with E-state index in [2.05, 4.69) is 53.7 Å². The first-order chi connectivity index (χ1) is 13.4. The Bertz CT molecular complexity index is 800. The molecule has 0 saturated carbocycles. The predicted octanol–water partition coefficient (Wildman–Crippen LogP) is 6.64. The second-order valence-electron chi connectivity index (χ2n) is 9.27. The molecule has 0 heterocycles. The van der Waals surface area contributed by atoms with Crippen LogP contribution in [0.4, 0.5) is 0 Å². The number of ether oxygens (including phenoxy) is 1. The molecule has 0 fully saturated rings. The molecule has 2 rings (SSSR count). The molecular weight excluding hydrogens is 403 g/mol. The van der Waals surface area contributed by atoms with Gasteiger partial charge in [-0.2, -0.15) is 0 Å². The average molecular weight is 435 g/mol. The summed E-state index contributed by atoms with van der Waals surface area (Å²) in [5.74, 6) is 0.657. The zero-order valence-corrected chi connectivity index (χ0v) is 20.2. The molecule has 0 aliphatic rings. The third-order valence-electron chi connectivity index (χ3n) is 4.74. The summed E-state index contributed by atoms with van der Waals surface area (Å²) in [4.78, 5) is 11.7. The number of aryl methyl sites for hydroxylation is 1. The van der Waals surface area contributed by atoms with E-state index in [9.17, 15) is 4.79 Å². The molecule has 0 saturated heterocycles. The largest absolute Gasteiger partial charge is 0.469 e. The van der Waals surface area contributed by atoms with Crippen LogP contribution in [-0.4, -0.2) is 13.1 Å². The summed E-state index contributed by atoms with van der Waals surface area (Å²) in [6.07, 6.45) is 0.990. The van der Waals surface area contributed by atoms with Gasteiger partial charge < -0.3 is 9.26 Å². The van der Waals surface area contributed by atoms with Crippen LogP contribution in [0, 0.1) is 0 Å². The van der Waals surface area contributed by atoms with E-state index in [1.165, 1.54) is 7.11 Å². The number of hydrogen-bond acceptors (Lipinski definition) is 3. The first-order valence-corrected chi connectivity index (χ1v) is 12.0. The minimum absolute atomic E-state index is 0.139. The maximum Gasteiger partial charge on any atom is 0.305 e. The van der Waals surface area contributed by atoms with Crippen molar-refractivity contribution in [1.82, 2.24) is 0 Å². The number of methoxy groups -OCH3 is 1. The first-order valence-electron chi connectivity index (χ1n) is 9.87. The molecule has 1 unspecified atom stereocenters. The maximum atomic E-state index is 11.7. The van der Waals surface area contributed by atoms with Gasteiger partial charge in [-0.15, -0.1) is 0 Å². The van der Waals surface area contributed by atoms with Crippen LogP contribution in [0.2, 0.25) is 0 Å². The molecule has 3 nitrogen and oxygen atoms in total. The molecule has 2 aromatic rings. The van der Waals surface area contributed by atoms with Gasteiger partial charge in [0, 0.05) is 22.9 Å². The van der Waals surface area contributed by atoms with Crippen LogP contribution in [0.1, 0.15) is 64.7 Å². The Balaban J connectivity index is 2.55. The number of hydrogen-bond donors (Lipinski definition) is 0. The van der Waals surface area contributed by atoms with Crippen LogP contribution in [0.25, 0.3) is 0 Å². The van der Waals surface area contributed by atoms with Crippen molar-refractivity contribution in [3.8, 4) is 5.75 Å². The molecule has 0 N–H and O–H groups in total. The Morgan fingerprint density at radius 3 is 1.93 bits per heavy atom. The van der Waals surface area contributed by atoms with Crippen LogP contribution >= 0.6 is 18.7 Å². The predicted molar refractivity (Wildman–Crippen MR) is 124 cm³/mol. The van der Waals surface area contributed by atoms with Crippen LogP contribution in [0.15, 0.2) is 42.5 Å². The summed E-state index contributed by atoms with van der Waals surface area (Å²) in [6, 6.07) is 14.2. The molecule has 29 heavy (non-hydrogen) atoms. The van der Waals surface area contributed by atoms with Crippen molar-refractivity contribution in [2.45, 2.75) is 65.2 Å². The Kier molecular flexibility index (Phi) is 7.76. The highest BCUT2D eigenvalue weighted by molar-refractivity contribution is 7.86. The van der Waals surface area contributed by atoms with E-state index in [-0.39, 0.29) is 16.8 Å². The molecule has 158 valence electrons. The normalized spacial score (nSPS) is 13.1. The maximum absolute atomic E-state index is 11.7. The Labute approximate surface area is 181 Å². The zero-order valence-electron chi connectivity index (χ0n) is 18.5. The van der Waals surface area contributed by atoms with Crippen molar-refractivity contribution >= 4 is 30.0 Å². The first kappa shape index (κ1) is 23.7. The minimum atomic E-state index is -1.31. The quantitative estimate of drug-likeness (QED) is 0.377. The molecule has 0 spiro atoms. The third-order valence-corrected chi connectivity index (χ3v) is 6.58. The van der Waals surface area contributed by atoms with E-state index in [1.54, 1.807) is 0 Å². The Hall–Kier alpha value is -1.57. The van der Waals surface area contributed by atoms with Gasteiger partial charge in [0.2, 0.25) is 7.50 Å². The SMILES string of the molecule is COC(=O)CCc1cc(C(C)(C)C)c(OP(Cl)c2ccccc2)c(C(C)(C)C)c1. The fourth-order valence-electron chi connectivity index (χ4n) is 3.07. The molecule has 2 aromatic carbocycles. The van der Waals surface area contributed by atoms with E-state index >= 15 is 0 Å². The molecule has 1 atom stereocenters. The summed E-state index contributed by atoms with van der Waals surface area (Å²) in [6.45, 7) is 13.0. The minimum Gasteiger partial charge on any atom is -0.469 e. The monoisotopic (exact) mass is 434 g/mol. The standard InChI is InChI=1S/C24H32ClO3P/c1-23(2,3)19-15-17(13-14-21(26)27-7)16-20(24(4,5)6)22(19)28-29(25)18-11-9-8-10-12-18/h8-12,15-16H,13-14H2,1-7H3. The molecule has 0 radical (unpaired) electrons. The van der Waals surface area contributed by atoms with Gasteiger partial charge in [-0.3, -0.25) is 4.79 Å². The van der Waals surface area contributed by atoms with Gasteiger partial charge in [0.25, 0.3) is 0 Å². The van der Waals surface area contributed by atoms with Crippen molar-refractivity contribution in [2.75, 3.05) is 7.11 Å². The number of benzene rings is 2. The lowest BCUT2D eigenvalue weighted by Crippen LogP contribution is -2.20. The zero-order chi connectivity index (χ0) is 21.8. The van der Waals surface area contributed by atoms with Gasteiger partial charge in [0.15, 0.2) is 0 Å². The highest BCUT2D eigenvalue weighted by Gasteiger charge is 2.29. The number of halogens is 1. The van der Waals surface area contributed by atoms with Crippen LogP contribution in [0.5, 0.6) is 5.75 Å². The van der Waals surface area contributed by atoms with Crippen molar-refractivity contribution < 1.29 is 14.1 Å². The van der Waals surface area contributed by atoms with E-state index in [0.717, 1.165) is 27.7 Å². The van der Waals surface area contributed by atoms with E-state index in [1.807, 2.05) is 30.3 Å². The lowest BCUT2D eigenvalue weighted by atomic mass is 9.78. The lowest BCUT2D eigenvalue weighted by molar-refractivity contribution is -0.140. The van der Waals surface area contributed by atoms with E-state index in [0.29, 0.717) is 12.8 Å². The van der Waals surface area contributed by atoms with Crippen molar-refractivity contribution in [3.63, 3.8) is 0 Å². The second-order valence-corrected chi connectivity index (χ2v) is 11.4. The summed E-state index contributed by atoms with van der Waals surface area (Å²) < 4.78 is 11.3. The number of carbonyl (C=O) groups excluding carboxylic acids is 1. The molecule has 5 heteroatoms. The van der Waals surface area contributed by atoms with Gasteiger partial charge >= 0.3 is 5.97 Å². The van der Waals surface area contributed by atoms with Crippen LogP contribution in [0.3, 0.4) is 0 Å². The molecule has 0 aliphatic heterocycles. The van der Waals surface area contributed by atoms with Crippen molar-refractivity contribution in [3.05, 3.63) is 59.2 Å². The summed E-state index contributed by atoms with van der Waals surface area (Å²) in [5, 5.41) is 0.985. The number of rotatable bonds is 6. The van der Waals surface area contributed by atoms with Crippen LogP contribution in [-0.2, 0) is 26.8 Å². The summed E-state index contributed by atoms with van der Waals surface area (Å²) >= 11 is 6.73. The lowest BCUT2D eigenvalue weighted by Gasteiger charge is -2.31. The molecule has 0 bridgehead atoms. The highest BCUT2D eigenvalue weighted by Crippen LogP contribution is 2.49. The summed E-state index contributed by atoms with van der Waals surface area (Å²) in [7, 11) is 0.112. The highest BCUT2D eigenvalue weighted by atomic mass is 35.7. The molecular formula is C24H32ClO3P. The molecule has 0 aromatic heterocycles. The fraction of sp³-hybridized carbons (Fsp3) is 0.458. The van der Waals surface area contributed by atoms with E-state index < -0.39 is 7.50 Å². The van der Waals surface area contributed by atoms with Crippen molar-refractivity contribution in [1.29, 1.82) is 0 Å². The molecule has 0 aliphatic carbocycles. The fourth-order valence-corrected chi connectivity index (χ4v) is 4.49. The third kappa shape index (κ3) is 6.46. The van der Waals surface area contributed by atoms with E-state index in [4.69, 9.17) is 20.5 Å². The van der Waals surface area contributed by atoms with Crippen LogP contribution < -0.4 is 9.83 Å². The number of carbonyl (C=O) groups is 1. The van der Waals surface area contributed by atoms with Gasteiger partial charge in [-0.05, 0) is 34.1 Å².